The van der Waals surface area contributed by atoms with Crippen LogP contribution in [0.2, 0.25) is 0 Å². The third-order valence-corrected chi connectivity index (χ3v) is 3.65. The van der Waals surface area contributed by atoms with Crippen molar-refractivity contribution in [3.63, 3.8) is 0 Å². The molecule has 1 aliphatic rings. The van der Waals surface area contributed by atoms with Gasteiger partial charge >= 0.3 is 0 Å². The quantitative estimate of drug-likeness (QED) is 0.929. The minimum Gasteiger partial charge on any atom is -0.485 e. The van der Waals surface area contributed by atoms with E-state index in [0.717, 1.165) is 22.4 Å². The molecular weight excluding hydrogens is 252 g/mol. The molecule has 3 nitrogen and oxygen atoms in total. The van der Waals surface area contributed by atoms with Crippen molar-refractivity contribution in [1.82, 2.24) is 0 Å². The molecule has 0 fully saturated rings. The number of fused-ring (bicyclic) bond motifs is 1. The predicted octanol–water partition coefficient (Wildman–Crippen LogP) is 3.39. The highest BCUT2D eigenvalue weighted by molar-refractivity contribution is 5.38. The smallest absolute Gasteiger partial charge is 0.127 e. The molecule has 1 heterocycles. The van der Waals surface area contributed by atoms with E-state index in [9.17, 15) is 5.11 Å². The molecule has 0 bridgehead atoms. The van der Waals surface area contributed by atoms with Crippen molar-refractivity contribution in [2.24, 2.45) is 0 Å². The molecule has 104 valence electrons. The summed E-state index contributed by atoms with van der Waals surface area (Å²) in [7, 11) is 1.69. The molecule has 0 spiro atoms. The number of para-hydroxylation sites is 1. The number of aliphatic hydroxyl groups excluding tert-OH is 1. The average molecular weight is 270 g/mol. The summed E-state index contributed by atoms with van der Waals surface area (Å²) in [5.74, 6) is 0.775. The highest BCUT2D eigenvalue weighted by Crippen LogP contribution is 2.40. The topological polar surface area (TPSA) is 38.7 Å². The fourth-order valence-electron chi connectivity index (χ4n) is 2.59. The molecule has 1 N–H and O–H groups in total. The monoisotopic (exact) mass is 270 g/mol. The molecule has 1 aliphatic heterocycles. The van der Waals surface area contributed by atoms with Crippen molar-refractivity contribution >= 4 is 0 Å². The lowest BCUT2D eigenvalue weighted by atomic mass is 9.94. The average Bonchev–Trinajstić information content (AvgIpc) is 2.48. The molecule has 0 saturated heterocycles. The summed E-state index contributed by atoms with van der Waals surface area (Å²) >= 11 is 0. The zero-order valence-corrected chi connectivity index (χ0v) is 11.5. The largest absolute Gasteiger partial charge is 0.485 e. The standard InChI is InChI=1S/C17H18O3/c1-19-11-12-6-8-13(9-7-12)17-10-15(18)14-4-2-3-5-16(14)20-17/h2-9,15,17-18H,10-11H2,1H3/t15-,17?/m1/s1. The van der Waals surface area contributed by atoms with E-state index in [1.165, 1.54) is 0 Å². The number of ether oxygens (including phenoxy) is 2. The van der Waals surface area contributed by atoms with E-state index < -0.39 is 6.10 Å². The van der Waals surface area contributed by atoms with E-state index in [0.29, 0.717) is 13.0 Å². The van der Waals surface area contributed by atoms with E-state index in [4.69, 9.17) is 9.47 Å². The van der Waals surface area contributed by atoms with Gasteiger partial charge in [-0.15, -0.1) is 0 Å². The first-order valence-electron chi connectivity index (χ1n) is 6.79. The van der Waals surface area contributed by atoms with E-state index in [1.807, 2.05) is 48.5 Å². The molecule has 2 aromatic carbocycles. The van der Waals surface area contributed by atoms with Crippen LogP contribution >= 0.6 is 0 Å². The van der Waals surface area contributed by atoms with Crippen molar-refractivity contribution < 1.29 is 14.6 Å². The summed E-state index contributed by atoms with van der Waals surface area (Å²) in [6.07, 6.45) is 0.0146. The molecule has 3 rings (SSSR count). The molecule has 3 heteroatoms. The summed E-state index contributed by atoms with van der Waals surface area (Å²) in [4.78, 5) is 0. The highest BCUT2D eigenvalue weighted by atomic mass is 16.5. The summed E-state index contributed by atoms with van der Waals surface area (Å²) in [5, 5.41) is 10.2. The first-order valence-corrected chi connectivity index (χ1v) is 6.79. The van der Waals surface area contributed by atoms with E-state index in [1.54, 1.807) is 7.11 Å². The van der Waals surface area contributed by atoms with Crippen LogP contribution in [0.4, 0.5) is 0 Å². The number of methoxy groups -OCH3 is 1. The van der Waals surface area contributed by atoms with Gasteiger partial charge in [-0.3, -0.25) is 0 Å². The Kier molecular flexibility index (Phi) is 3.72. The predicted molar refractivity (Wildman–Crippen MR) is 76.5 cm³/mol. The second kappa shape index (κ2) is 5.65. The Labute approximate surface area is 118 Å². The van der Waals surface area contributed by atoms with Crippen molar-refractivity contribution in [1.29, 1.82) is 0 Å². The van der Waals surface area contributed by atoms with Gasteiger partial charge in [-0.25, -0.2) is 0 Å². The molecule has 1 unspecified atom stereocenters. The minimum atomic E-state index is -0.469. The number of hydrogen-bond donors (Lipinski definition) is 1. The molecule has 20 heavy (non-hydrogen) atoms. The van der Waals surface area contributed by atoms with Crippen LogP contribution in [0.3, 0.4) is 0 Å². The van der Waals surface area contributed by atoms with E-state index in [2.05, 4.69) is 0 Å². The van der Waals surface area contributed by atoms with E-state index in [-0.39, 0.29) is 6.10 Å². The van der Waals surface area contributed by atoms with Crippen LogP contribution in [0, 0.1) is 0 Å². The van der Waals surface area contributed by atoms with Gasteiger partial charge < -0.3 is 14.6 Å². The molecule has 0 aliphatic carbocycles. The number of benzene rings is 2. The Balaban J connectivity index is 1.82. The van der Waals surface area contributed by atoms with Crippen LogP contribution in [0.25, 0.3) is 0 Å². The van der Waals surface area contributed by atoms with Gasteiger partial charge in [0, 0.05) is 19.1 Å². The van der Waals surface area contributed by atoms with Gasteiger partial charge in [-0.1, -0.05) is 42.5 Å². The Morgan fingerprint density at radius 3 is 2.65 bits per heavy atom. The Bertz CT molecular complexity index is 577. The van der Waals surface area contributed by atoms with Gasteiger partial charge in [0.1, 0.15) is 11.9 Å². The van der Waals surface area contributed by atoms with Gasteiger partial charge in [-0.05, 0) is 17.2 Å². The first-order chi connectivity index (χ1) is 9.78. The maximum atomic E-state index is 10.2. The van der Waals surface area contributed by atoms with Crippen LogP contribution in [0.15, 0.2) is 48.5 Å². The van der Waals surface area contributed by atoms with Crippen LogP contribution < -0.4 is 4.74 Å². The Hall–Kier alpha value is -1.84. The van der Waals surface area contributed by atoms with Crippen LogP contribution in [0.1, 0.15) is 35.3 Å². The number of hydrogen-bond acceptors (Lipinski definition) is 3. The maximum Gasteiger partial charge on any atom is 0.127 e. The minimum absolute atomic E-state index is 0.100. The van der Waals surface area contributed by atoms with Crippen LogP contribution in [-0.2, 0) is 11.3 Å². The van der Waals surface area contributed by atoms with Crippen molar-refractivity contribution in [2.75, 3.05) is 7.11 Å². The zero-order chi connectivity index (χ0) is 13.9. The third-order valence-electron chi connectivity index (χ3n) is 3.65. The lowest BCUT2D eigenvalue weighted by Gasteiger charge is -2.29. The van der Waals surface area contributed by atoms with Crippen molar-refractivity contribution in [3.05, 3.63) is 65.2 Å². The van der Waals surface area contributed by atoms with Gasteiger partial charge in [0.15, 0.2) is 0 Å². The summed E-state index contributed by atoms with van der Waals surface area (Å²) < 4.78 is 11.1. The van der Waals surface area contributed by atoms with Gasteiger partial charge in [-0.2, -0.15) is 0 Å². The lowest BCUT2D eigenvalue weighted by molar-refractivity contribution is 0.0657. The number of aliphatic hydroxyl groups is 1. The number of rotatable bonds is 3. The van der Waals surface area contributed by atoms with Crippen LogP contribution in [-0.4, -0.2) is 12.2 Å². The first kappa shape index (κ1) is 13.2. The second-order valence-electron chi connectivity index (χ2n) is 5.07. The summed E-state index contributed by atoms with van der Waals surface area (Å²) in [5.41, 5.74) is 3.09. The van der Waals surface area contributed by atoms with Gasteiger partial charge in [0.25, 0.3) is 0 Å². The molecule has 0 aromatic heterocycles. The Morgan fingerprint density at radius 1 is 1.15 bits per heavy atom. The van der Waals surface area contributed by atoms with E-state index >= 15 is 0 Å². The van der Waals surface area contributed by atoms with Crippen molar-refractivity contribution in [3.8, 4) is 5.75 Å². The molecule has 0 saturated carbocycles. The Morgan fingerprint density at radius 2 is 1.90 bits per heavy atom. The highest BCUT2D eigenvalue weighted by Gasteiger charge is 2.27. The molecule has 0 radical (unpaired) electrons. The normalized spacial score (nSPS) is 21.1. The third kappa shape index (κ3) is 2.55. The molecule has 2 aromatic rings. The molecule has 0 amide bonds. The second-order valence-corrected chi connectivity index (χ2v) is 5.07. The fourth-order valence-corrected chi connectivity index (χ4v) is 2.59. The fraction of sp³-hybridized carbons (Fsp3) is 0.294. The summed E-state index contributed by atoms with van der Waals surface area (Å²) in [6, 6.07) is 15.8. The SMILES string of the molecule is COCc1ccc(C2C[C@@H](O)c3ccccc3O2)cc1. The maximum absolute atomic E-state index is 10.2. The molecular formula is C17H18O3. The van der Waals surface area contributed by atoms with Gasteiger partial charge in [0.05, 0.1) is 12.7 Å². The van der Waals surface area contributed by atoms with Gasteiger partial charge in [0.2, 0.25) is 0 Å². The van der Waals surface area contributed by atoms with Crippen molar-refractivity contribution in [2.45, 2.75) is 25.2 Å². The van der Waals surface area contributed by atoms with Crippen LogP contribution in [0.5, 0.6) is 5.75 Å². The molecule has 2 atom stereocenters. The lowest BCUT2D eigenvalue weighted by Crippen LogP contribution is -2.18. The summed E-state index contributed by atoms with van der Waals surface area (Å²) in [6.45, 7) is 0.608. The zero-order valence-electron chi connectivity index (χ0n) is 11.5.